The average Bonchev–Trinajstić information content (AvgIpc) is 2.83. The SMILES string of the molecule is C=C(C)C(=O)NCc1nc2ccccc2n1CCOCC. The predicted molar refractivity (Wildman–Crippen MR) is 82.9 cm³/mol. The number of nitrogens with zero attached hydrogens (tertiary/aromatic N) is 2. The first-order valence-electron chi connectivity index (χ1n) is 7.09. The van der Waals surface area contributed by atoms with E-state index in [2.05, 4.69) is 21.4 Å². The highest BCUT2D eigenvalue weighted by Gasteiger charge is 2.11. The number of carbonyl (C=O) groups excluding carboxylic acids is 1. The summed E-state index contributed by atoms with van der Waals surface area (Å²) in [6.45, 7) is 9.70. The Morgan fingerprint density at radius 1 is 1.43 bits per heavy atom. The Kier molecular flexibility index (Phi) is 5.11. The second-order valence-corrected chi connectivity index (χ2v) is 4.83. The average molecular weight is 287 g/mol. The number of ether oxygens (including phenoxy) is 1. The van der Waals surface area contributed by atoms with E-state index in [9.17, 15) is 4.79 Å². The van der Waals surface area contributed by atoms with Gasteiger partial charge in [0.1, 0.15) is 5.82 Å². The molecule has 1 heterocycles. The van der Waals surface area contributed by atoms with Crippen molar-refractivity contribution < 1.29 is 9.53 Å². The van der Waals surface area contributed by atoms with E-state index in [0.717, 1.165) is 16.9 Å². The molecule has 0 aliphatic carbocycles. The van der Waals surface area contributed by atoms with Gasteiger partial charge in [-0.15, -0.1) is 0 Å². The molecule has 0 aliphatic rings. The van der Waals surface area contributed by atoms with Crippen LogP contribution in [0, 0.1) is 0 Å². The predicted octanol–water partition coefficient (Wildman–Crippen LogP) is 2.27. The van der Waals surface area contributed by atoms with Crippen LogP contribution in [-0.4, -0.2) is 28.7 Å². The van der Waals surface area contributed by atoms with Crippen LogP contribution in [0.5, 0.6) is 0 Å². The molecule has 2 aromatic rings. The highest BCUT2D eigenvalue weighted by molar-refractivity contribution is 5.92. The summed E-state index contributed by atoms with van der Waals surface area (Å²) in [7, 11) is 0. The number of para-hydroxylation sites is 2. The van der Waals surface area contributed by atoms with E-state index in [1.54, 1.807) is 6.92 Å². The lowest BCUT2D eigenvalue weighted by atomic mass is 10.3. The van der Waals surface area contributed by atoms with Gasteiger partial charge >= 0.3 is 0 Å². The zero-order valence-corrected chi connectivity index (χ0v) is 12.6. The van der Waals surface area contributed by atoms with E-state index < -0.39 is 0 Å². The fraction of sp³-hybridized carbons (Fsp3) is 0.375. The first-order valence-corrected chi connectivity index (χ1v) is 7.09. The molecule has 2 rings (SSSR count). The molecule has 0 radical (unpaired) electrons. The first-order chi connectivity index (χ1) is 10.1. The number of fused-ring (bicyclic) bond motifs is 1. The quantitative estimate of drug-likeness (QED) is 0.628. The van der Waals surface area contributed by atoms with Gasteiger partial charge in [-0.3, -0.25) is 4.79 Å². The van der Waals surface area contributed by atoms with Gasteiger partial charge < -0.3 is 14.6 Å². The molecule has 1 aromatic heterocycles. The molecule has 5 nitrogen and oxygen atoms in total. The molecule has 0 atom stereocenters. The van der Waals surface area contributed by atoms with Gasteiger partial charge in [0.2, 0.25) is 5.91 Å². The highest BCUT2D eigenvalue weighted by atomic mass is 16.5. The molecular weight excluding hydrogens is 266 g/mol. The van der Waals surface area contributed by atoms with E-state index in [-0.39, 0.29) is 5.91 Å². The summed E-state index contributed by atoms with van der Waals surface area (Å²) in [6, 6.07) is 7.94. The normalized spacial score (nSPS) is 10.8. The number of imidazole rings is 1. The van der Waals surface area contributed by atoms with Crippen molar-refractivity contribution in [2.75, 3.05) is 13.2 Å². The van der Waals surface area contributed by atoms with Crippen LogP contribution >= 0.6 is 0 Å². The Morgan fingerprint density at radius 3 is 2.90 bits per heavy atom. The molecule has 0 bridgehead atoms. The van der Waals surface area contributed by atoms with Gasteiger partial charge in [-0.1, -0.05) is 18.7 Å². The second kappa shape index (κ2) is 7.04. The standard InChI is InChI=1S/C16H21N3O2/c1-4-21-10-9-19-14-8-6-5-7-13(14)18-15(19)11-17-16(20)12(2)3/h5-8H,2,4,9-11H2,1,3H3,(H,17,20). The van der Waals surface area contributed by atoms with Gasteiger partial charge in [0.15, 0.2) is 0 Å². The molecule has 0 spiro atoms. The van der Waals surface area contributed by atoms with Crippen molar-refractivity contribution in [2.45, 2.75) is 26.9 Å². The van der Waals surface area contributed by atoms with E-state index in [1.165, 1.54) is 0 Å². The summed E-state index contributed by atoms with van der Waals surface area (Å²) < 4.78 is 7.51. The highest BCUT2D eigenvalue weighted by Crippen LogP contribution is 2.16. The molecule has 0 saturated carbocycles. The summed E-state index contributed by atoms with van der Waals surface area (Å²) in [6.07, 6.45) is 0. The van der Waals surface area contributed by atoms with Crippen LogP contribution in [0.3, 0.4) is 0 Å². The van der Waals surface area contributed by atoms with Gasteiger partial charge in [0.05, 0.1) is 24.2 Å². The van der Waals surface area contributed by atoms with Crippen LogP contribution in [0.1, 0.15) is 19.7 Å². The number of benzene rings is 1. The summed E-state index contributed by atoms with van der Waals surface area (Å²) >= 11 is 0. The van der Waals surface area contributed by atoms with Crippen molar-refractivity contribution in [3.8, 4) is 0 Å². The third kappa shape index (κ3) is 3.70. The first kappa shape index (κ1) is 15.3. The number of nitrogens with one attached hydrogen (secondary N) is 1. The van der Waals surface area contributed by atoms with Crippen LogP contribution in [0.25, 0.3) is 11.0 Å². The molecule has 0 saturated heterocycles. The minimum absolute atomic E-state index is 0.154. The van der Waals surface area contributed by atoms with E-state index in [0.29, 0.717) is 31.9 Å². The number of hydrogen-bond acceptors (Lipinski definition) is 3. The summed E-state index contributed by atoms with van der Waals surface area (Å²) in [5, 5.41) is 2.83. The topological polar surface area (TPSA) is 56.2 Å². The van der Waals surface area contributed by atoms with Gasteiger partial charge in [0.25, 0.3) is 0 Å². The largest absolute Gasteiger partial charge is 0.380 e. The van der Waals surface area contributed by atoms with Gasteiger partial charge in [-0.25, -0.2) is 4.98 Å². The minimum atomic E-state index is -0.154. The number of carbonyl (C=O) groups is 1. The zero-order chi connectivity index (χ0) is 15.2. The molecular formula is C16H21N3O2. The van der Waals surface area contributed by atoms with Crippen molar-refractivity contribution in [3.05, 3.63) is 42.2 Å². The Balaban J connectivity index is 2.21. The van der Waals surface area contributed by atoms with Gasteiger partial charge in [0, 0.05) is 18.7 Å². The Morgan fingerprint density at radius 2 is 2.19 bits per heavy atom. The van der Waals surface area contributed by atoms with E-state index in [1.807, 2.05) is 31.2 Å². The smallest absolute Gasteiger partial charge is 0.246 e. The van der Waals surface area contributed by atoms with Crippen molar-refractivity contribution in [2.24, 2.45) is 0 Å². The van der Waals surface area contributed by atoms with Crippen molar-refractivity contribution in [3.63, 3.8) is 0 Å². The number of amides is 1. The van der Waals surface area contributed by atoms with Crippen molar-refractivity contribution >= 4 is 16.9 Å². The maximum atomic E-state index is 11.6. The Hall–Kier alpha value is -2.14. The molecule has 5 heteroatoms. The van der Waals surface area contributed by atoms with Crippen LogP contribution in [0.15, 0.2) is 36.4 Å². The van der Waals surface area contributed by atoms with Crippen LogP contribution < -0.4 is 5.32 Å². The van der Waals surface area contributed by atoms with E-state index >= 15 is 0 Å². The van der Waals surface area contributed by atoms with Crippen molar-refractivity contribution in [1.29, 1.82) is 0 Å². The summed E-state index contributed by atoms with van der Waals surface area (Å²) in [4.78, 5) is 16.2. The lowest BCUT2D eigenvalue weighted by Gasteiger charge is -2.10. The van der Waals surface area contributed by atoms with Gasteiger partial charge in [-0.2, -0.15) is 0 Å². The van der Waals surface area contributed by atoms with Crippen LogP contribution in [-0.2, 0) is 22.6 Å². The lowest BCUT2D eigenvalue weighted by molar-refractivity contribution is -0.117. The molecule has 1 amide bonds. The molecule has 0 unspecified atom stereocenters. The van der Waals surface area contributed by atoms with Crippen LogP contribution in [0.2, 0.25) is 0 Å². The molecule has 0 fully saturated rings. The lowest BCUT2D eigenvalue weighted by Crippen LogP contribution is -2.25. The minimum Gasteiger partial charge on any atom is -0.380 e. The number of rotatable bonds is 7. The molecule has 1 N–H and O–H groups in total. The molecule has 21 heavy (non-hydrogen) atoms. The molecule has 112 valence electrons. The Bertz CT molecular complexity index is 646. The third-order valence-electron chi connectivity index (χ3n) is 3.19. The maximum Gasteiger partial charge on any atom is 0.246 e. The molecule has 1 aromatic carbocycles. The van der Waals surface area contributed by atoms with Crippen molar-refractivity contribution in [1.82, 2.24) is 14.9 Å². The third-order valence-corrected chi connectivity index (χ3v) is 3.19. The van der Waals surface area contributed by atoms with Gasteiger partial charge in [-0.05, 0) is 26.0 Å². The summed E-state index contributed by atoms with van der Waals surface area (Å²) in [5.74, 6) is 0.670. The fourth-order valence-corrected chi connectivity index (χ4v) is 2.12. The van der Waals surface area contributed by atoms with E-state index in [4.69, 9.17) is 4.74 Å². The number of hydrogen-bond donors (Lipinski definition) is 1. The monoisotopic (exact) mass is 287 g/mol. The summed E-state index contributed by atoms with van der Waals surface area (Å²) in [5.41, 5.74) is 2.47. The Labute approximate surface area is 124 Å². The number of aromatic nitrogens is 2. The molecule has 0 aliphatic heterocycles. The second-order valence-electron chi connectivity index (χ2n) is 4.83. The maximum absolute atomic E-state index is 11.6. The fourth-order valence-electron chi connectivity index (χ4n) is 2.12. The van der Waals surface area contributed by atoms with Crippen LogP contribution in [0.4, 0.5) is 0 Å². The zero-order valence-electron chi connectivity index (χ0n) is 12.6.